The highest BCUT2D eigenvalue weighted by molar-refractivity contribution is 5.74. The molecule has 0 radical (unpaired) electrons. The quantitative estimate of drug-likeness (QED) is 0.651. The lowest BCUT2D eigenvalue weighted by atomic mass is 9.84. The van der Waals surface area contributed by atoms with Crippen LogP contribution in [-0.4, -0.2) is 29.7 Å². The Morgan fingerprint density at radius 3 is 2.44 bits per heavy atom. The average molecular weight is 256 g/mol. The van der Waals surface area contributed by atoms with Crippen molar-refractivity contribution in [2.45, 2.75) is 52.5 Å². The number of carbonyl (C=O) groups is 2. The van der Waals surface area contributed by atoms with E-state index in [0.717, 1.165) is 12.8 Å². The van der Waals surface area contributed by atoms with Crippen LogP contribution in [0.25, 0.3) is 0 Å². The zero-order chi connectivity index (χ0) is 13.8. The van der Waals surface area contributed by atoms with Gasteiger partial charge in [-0.05, 0) is 30.6 Å². The Hall–Kier alpha value is -1.26. The summed E-state index contributed by atoms with van der Waals surface area (Å²) in [6.07, 6.45) is 2.66. The number of hydrogen-bond acceptors (Lipinski definition) is 2. The Balaban J connectivity index is 2.11. The highest BCUT2D eigenvalue weighted by Crippen LogP contribution is 2.29. The number of carboxylic acids is 1. The number of carboxylic acid groups (broad SMARTS) is 1. The molecule has 104 valence electrons. The van der Waals surface area contributed by atoms with E-state index in [4.69, 9.17) is 5.11 Å². The number of hydrogen-bond donors (Lipinski definition) is 3. The lowest BCUT2D eigenvalue weighted by Gasteiger charge is -2.23. The molecular weight excluding hydrogens is 232 g/mol. The molecule has 5 heteroatoms. The molecule has 5 nitrogen and oxygen atoms in total. The molecule has 0 heterocycles. The van der Waals surface area contributed by atoms with Crippen LogP contribution in [0.1, 0.15) is 46.5 Å². The van der Waals surface area contributed by atoms with Crippen LogP contribution in [0.5, 0.6) is 0 Å². The molecule has 3 N–H and O–H groups in total. The molecule has 2 amide bonds. The van der Waals surface area contributed by atoms with Crippen molar-refractivity contribution in [3.05, 3.63) is 0 Å². The van der Waals surface area contributed by atoms with E-state index in [1.54, 1.807) is 0 Å². The first kappa shape index (κ1) is 14.8. The zero-order valence-electron chi connectivity index (χ0n) is 11.5. The molecule has 2 atom stereocenters. The Morgan fingerprint density at radius 1 is 1.33 bits per heavy atom. The van der Waals surface area contributed by atoms with Gasteiger partial charge in [0.05, 0.1) is 0 Å². The van der Waals surface area contributed by atoms with Crippen molar-refractivity contribution < 1.29 is 14.7 Å². The predicted octanol–water partition coefficient (Wildman–Crippen LogP) is 1.98. The van der Waals surface area contributed by atoms with Crippen LogP contribution in [0.2, 0.25) is 0 Å². The van der Waals surface area contributed by atoms with E-state index in [-0.39, 0.29) is 17.9 Å². The second-order valence-corrected chi connectivity index (χ2v) is 6.03. The Morgan fingerprint density at radius 2 is 1.94 bits per heavy atom. The maximum atomic E-state index is 11.5. The summed E-state index contributed by atoms with van der Waals surface area (Å²) in [6.45, 7) is 6.75. The molecule has 18 heavy (non-hydrogen) atoms. The minimum Gasteiger partial charge on any atom is -0.481 e. The van der Waals surface area contributed by atoms with Crippen LogP contribution in [-0.2, 0) is 4.79 Å². The number of rotatable bonds is 7. The molecular formula is C13H24N2O3. The molecule has 1 saturated carbocycles. The van der Waals surface area contributed by atoms with E-state index in [1.165, 1.54) is 0 Å². The zero-order valence-corrected chi connectivity index (χ0v) is 11.5. The molecule has 1 aliphatic carbocycles. The number of nitrogens with one attached hydrogen (secondary N) is 2. The van der Waals surface area contributed by atoms with E-state index in [1.807, 2.05) is 13.8 Å². The lowest BCUT2D eigenvalue weighted by molar-refractivity contribution is -0.137. The largest absolute Gasteiger partial charge is 0.481 e. The van der Waals surface area contributed by atoms with E-state index < -0.39 is 5.97 Å². The van der Waals surface area contributed by atoms with Gasteiger partial charge in [-0.1, -0.05) is 20.8 Å². The highest BCUT2D eigenvalue weighted by atomic mass is 16.4. The van der Waals surface area contributed by atoms with Crippen molar-refractivity contribution in [1.29, 1.82) is 0 Å². The number of urea groups is 1. The summed E-state index contributed by atoms with van der Waals surface area (Å²) < 4.78 is 0. The highest BCUT2D eigenvalue weighted by Gasteiger charge is 2.33. The fourth-order valence-electron chi connectivity index (χ4n) is 1.83. The molecule has 0 spiro atoms. The van der Waals surface area contributed by atoms with Gasteiger partial charge in [-0.25, -0.2) is 4.79 Å². The van der Waals surface area contributed by atoms with Gasteiger partial charge in [-0.3, -0.25) is 4.79 Å². The van der Waals surface area contributed by atoms with E-state index in [2.05, 4.69) is 17.6 Å². The molecule has 0 aliphatic heterocycles. The van der Waals surface area contributed by atoms with Crippen molar-refractivity contribution in [2.75, 3.05) is 6.54 Å². The number of aliphatic carboxylic acids is 1. The number of carbonyl (C=O) groups excluding carboxylic acids is 1. The third-order valence-electron chi connectivity index (χ3n) is 3.53. The van der Waals surface area contributed by atoms with Crippen molar-refractivity contribution in [2.24, 2.45) is 11.3 Å². The second-order valence-electron chi connectivity index (χ2n) is 6.03. The van der Waals surface area contributed by atoms with Crippen LogP contribution in [0.15, 0.2) is 0 Å². The summed E-state index contributed by atoms with van der Waals surface area (Å²) in [6, 6.07) is 0.225. The lowest BCUT2D eigenvalue weighted by Crippen LogP contribution is -2.38. The van der Waals surface area contributed by atoms with Crippen LogP contribution < -0.4 is 10.6 Å². The van der Waals surface area contributed by atoms with Gasteiger partial charge in [-0.2, -0.15) is 0 Å². The van der Waals surface area contributed by atoms with Gasteiger partial charge in [0.2, 0.25) is 0 Å². The monoisotopic (exact) mass is 256 g/mol. The molecule has 0 aromatic heterocycles. The predicted molar refractivity (Wildman–Crippen MR) is 69.4 cm³/mol. The average Bonchev–Trinajstić information content (AvgIpc) is 2.91. The standard InChI is InChI=1S/C13H24N2O3/c1-9-8-10(9)15-12(18)14-7-6-13(2,3)5-4-11(16)17/h9-10H,4-8H2,1-3H3,(H,16,17)(H2,14,15,18). The SMILES string of the molecule is CC1CC1NC(=O)NCCC(C)(C)CCC(=O)O. The molecule has 1 rings (SSSR count). The first-order valence-electron chi connectivity index (χ1n) is 6.56. The van der Waals surface area contributed by atoms with Crippen LogP contribution in [0, 0.1) is 11.3 Å². The van der Waals surface area contributed by atoms with Crippen LogP contribution >= 0.6 is 0 Å². The van der Waals surface area contributed by atoms with Gasteiger partial charge in [0.25, 0.3) is 0 Å². The summed E-state index contributed by atoms with van der Waals surface area (Å²) >= 11 is 0. The fraction of sp³-hybridized carbons (Fsp3) is 0.846. The Labute approximate surface area is 108 Å². The third kappa shape index (κ3) is 5.89. The molecule has 0 saturated heterocycles. The van der Waals surface area contributed by atoms with Crippen molar-refractivity contribution >= 4 is 12.0 Å². The topological polar surface area (TPSA) is 78.4 Å². The summed E-state index contributed by atoms with van der Waals surface area (Å²) in [7, 11) is 0. The summed E-state index contributed by atoms with van der Waals surface area (Å²) in [5.41, 5.74) is -0.0570. The molecule has 0 bridgehead atoms. The Kier molecular flexibility index (Phi) is 4.99. The van der Waals surface area contributed by atoms with Crippen LogP contribution in [0.4, 0.5) is 4.79 Å². The minimum absolute atomic E-state index is 0.0570. The van der Waals surface area contributed by atoms with Gasteiger partial charge in [-0.15, -0.1) is 0 Å². The van der Waals surface area contributed by atoms with E-state index >= 15 is 0 Å². The van der Waals surface area contributed by atoms with Gasteiger partial charge >= 0.3 is 12.0 Å². The first-order valence-corrected chi connectivity index (χ1v) is 6.56. The van der Waals surface area contributed by atoms with Gasteiger partial charge in [0.1, 0.15) is 0 Å². The molecule has 1 aliphatic rings. The minimum atomic E-state index is -0.767. The van der Waals surface area contributed by atoms with Crippen molar-refractivity contribution in [3.63, 3.8) is 0 Å². The van der Waals surface area contributed by atoms with Crippen LogP contribution in [0.3, 0.4) is 0 Å². The molecule has 2 unspecified atom stereocenters. The fourth-order valence-corrected chi connectivity index (χ4v) is 1.83. The van der Waals surface area contributed by atoms with Gasteiger partial charge in [0.15, 0.2) is 0 Å². The van der Waals surface area contributed by atoms with E-state index in [9.17, 15) is 9.59 Å². The summed E-state index contributed by atoms with van der Waals surface area (Å²) in [5.74, 6) is -0.167. The summed E-state index contributed by atoms with van der Waals surface area (Å²) in [4.78, 5) is 22.0. The van der Waals surface area contributed by atoms with Crippen molar-refractivity contribution in [3.8, 4) is 0 Å². The third-order valence-corrected chi connectivity index (χ3v) is 3.53. The van der Waals surface area contributed by atoms with Crippen molar-refractivity contribution in [1.82, 2.24) is 10.6 Å². The maximum Gasteiger partial charge on any atom is 0.315 e. The summed E-state index contributed by atoms with van der Waals surface area (Å²) in [5, 5.41) is 14.4. The van der Waals surface area contributed by atoms with E-state index in [0.29, 0.717) is 24.9 Å². The molecule has 0 aromatic rings. The molecule has 0 aromatic carbocycles. The Bertz CT molecular complexity index is 315. The normalized spacial score (nSPS) is 22.4. The maximum absolute atomic E-state index is 11.5. The van der Waals surface area contributed by atoms with Gasteiger partial charge in [0, 0.05) is 19.0 Å². The van der Waals surface area contributed by atoms with Gasteiger partial charge < -0.3 is 15.7 Å². The smallest absolute Gasteiger partial charge is 0.315 e. The second kappa shape index (κ2) is 6.07. The number of amides is 2. The first-order chi connectivity index (χ1) is 8.30. The molecule has 1 fully saturated rings.